The third-order valence-corrected chi connectivity index (χ3v) is 13.4. The molecule has 2 aliphatic carbocycles. The Kier molecular flexibility index (Phi) is 10.4. The third-order valence-electron chi connectivity index (χ3n) is 11.2. The monoisotopic (exact) mass is 746 g/mol. The lowest BCUT2D eigenvalue weighted by molar-refractivity contribution is -0.189. The average molecular weight is 747 g/mol. The number of rotatable bonds is 4. The summed E-state index contributed by atoms with van der Waals surface area (Å²) in [6, 6.07) is 10.6. The number of fused-ring (bicyclic) bond motifs is 4. The van der Waals surface area contributed by atoms with Gasteiger partial charge in [0.25, 0.3) is 5.91 Å². The molecule has 51 heavy (non-hydrogen) atoms. The van der Waals surface area contributed by atoms with Gasteiger partial charge in [-0.05, 0) is 97.7 Å². The zero-order valence-corrected chi connectivity index (χ0v) is 30.5. The number of urea groups is 1. The Hall–Kier alpha value is -3.26. The molecule has 6 atom stereocenters. The molecule has 0 radical (unpaired) electrons. The summed E-state index contributed by atoms with van der Waals surface area (Å²) in [5.74, 6) is 0.276. The van der Waals surface area contributed by atoms with Gasteiger partial charge in [0.2, 0.25) is 0 Å². The topological polar surface area (TPSA) is 110 Å². The Labute approximate surface area is 303 Å². The van der Waals surface area contributed by atoms with Crippen molar-refractivity contribution in [1.82, 2.24) is 9.62 Å². The van der Waals surface area contributed by atoms with Crippen LogP contribution in [0.25, 0.3) is 0 Å². The van der Waals surface area contributed by atoms with Gasteiger partial charge in [-0.25, -0.2) is 9.00 Å². The van der Waals surface area contributed by atoms with E-state index in [2.05, 4.69) is 36.9 Å². The number of alkyl halides is 2. The normalized spacial score (nSPS) is 31.7. The van der Waals surface area contributed by atoms with Crippen molar-refractivity contribution >= 4 is 39.1 Å². The second kappa shape index (κ2) is 14.6. The molecule has 3 aliphatic heterocycles. The molecule has 1 saturated heterocycles. The van der Waals surface area contributed by atoms with Gasteiger partial charge in [-0.1, -0.05) is 36.7 Å². The lowest BCUT2D eigenvalue weighted by Crippen LogP contribution is -2.59. The number of likely N-dealkylation sites (tertiary alicyclic amines) is 1. The molecule has 2 bridgehead atoms. The summed E-state index contributed by atoms with van der Waals surface area (Å²) in [6.07, 6.45) is 8.68. The Balaban J connectivity index is 1.25. The number of nitrogens with one attached hydrogen (secondary N) is 1. The quantitative estimate of drug-likeness (QED) is 0.351. The van der Waals surface area contributed by atoms with Crippen molar-refractivity contribution in [2.24, 2.45) is 22.1 Å². The summed E-state index contributed by atoms with van der Waals surface area (Å²) in [4.78, 5) is 30.6. The van der Waals surface area contributed by atoms with Crippen LogP contribution in [0.5, 0.6) is 5.75 Å². The van der Waals surface area contributed by atoms with Crippen molar-refractivity contribution in [3.8, 4) is 5.75 Å². The molecule has 2 aromatic rings. The van der Waals surface area contributed by atoms with Crippen molar-refractivity contribution in [2.75, 3.05) is 50.5 Å². The smallest absolute Gasteiger partial charge is 0.345 e. The first kappa shape index (κ1) is 36.1. The van der Waals surface area contributed by atoms with Crippen molar-refractivity contribution in [1.29, 1.82) is 0 Å². The number of aryl methyl sites for hydroxylation is 1. The molecule has 0 aromatic heterocycles. The van der Waals surface area contributed by atoms with Gasteiger partial charge < -0.3 is 24.0 Å². The Morgan fingerprint density at radius 2 is 2.00 bits per heavy atom. The number of anilines is 1. The van der Waals surface area contributed by atoms with Gasteiger partial charge in [-0.3, -0.25) is 9.52 Å². The van der Waals surface area contributed by atoms with E-state index in [-0.39, 0.29) is 41.8 Å². The lowest BCUT2D eigenvalue weighted by Gasteiger charge is -2.46. The van der Waals surface area contributed by atoms with E-state index in [0.29, 0.717) is 42.2 Å². The molecule has 7 rings (SSSR count). The highest BCUT2D eigenvalue weighted by Crippen LogP contribution is 2.47. The molecule has 1 N–H and O–H groups in total. The minimum absolute atomic E-state index is 0.0852. The number of methoxy groups -OCH3 is 1. The van der Waals surface area contributed by atoms with E-state index in [1.54, 1.807) is 25.3 Å². The molecule has 14 heteroatoms. The molecule has 3 amide bonds. The van der Waals surface area contributed by atoms with Gasteiger partial charge >= 0.3 is 12.6 Å². The highest BCUT2D eigenvalue weighted by Gasteiger charge is 2.44. The summed E-state index contributed by atoms with van der Waals surface area (Å²) in [5, 5.41) is 0.716. The van der Waals surface area contributed by atoms with Crippen LogP contribution in [0.1, 0.15) is 60.5 Å². The lowest BCUT2D eigenvalue weighted by atomic mass is 9.68. The number of nitrogens with zero attached hydrogens (tertiary/aromatic N) is 3. The Bertz CT molecular complexity index is 1810. The molecule has 5 aliphatic rings. The highest BCUT2D eigenvalue weighted by atomic mass is 35.5. The van der Waals surface area contributed by atoms with E-state index in [4.69, 9.17) is 21.1 Å². The van der Waals surface area contributed by atoms with Gasteiger partial charge in [-0.2, -0.15) is 8.78 Å². The molecule has 2 fully saturated rings. The summed E-state index contributed by atoms with van der Waals surface area (Å²) in [7, 11) is -1.90. The van der Waals surface area contributed by atoms with E-state index in [1.165, 1.54) is 16.0 Å². The molecule has 3 heterocycles. The summed E-state index contributed by atoms with van der Waals surface area (Å²) >= 11 is 6.43. The third kappa shape index (κ3) is 7.63. The number of hydrogen-bond donors (Lipinski definition) is 1. The fourth-order valence-corrected chi connectivity index (χ4v) is 10.5. The average Bonchev–Trinajstić information content (AvgIpc) is 3.19. The van der Waals surface area contributed by atoms with Crippen LogP contribution in [0.3, 0.4) is 0 Å². The predicted molar refractivity (Wildman–Crippen MR) is 191 cm³/mol. The van der Waals surface area contributed by atoms with E-state index in [0.717, 1.165) is 44.3 Å². The van der Waals surface area contributed by atoms with Crippen LogP contribution < -0.4 is 14.4 Å². The Morgan fingerprint density at radius 1 is 1.18 bits per heavy atom. The minimum Gasteiger partial charge on any atom is -0.490 e. The van der Waals surface area contributed by atoms with Gasteiger partial charge in [0, 0.05) is 36.2 Å². The van der Waals surface area contributed by atoms with Crippen LogP contribution in [-0.2, 0) is 31.2 Å². The zero-order valence-electron chi connectivity index (χ0n) is 28.9. The number of allylic oxidation sites excluding steroid dienone is 1. The van der Waals surface area contributed by atoms with E-state index >= 15 is 0 Å². The number of hydrogen-bond acceptors (Lipinski definition) is 7. The number of amides is 3. The molecule has 1 saturated carbocycles. The summed E-state index contributed by atoms with van der Waals surface area (Å²) in [6.45, 7) is 0.645. The van der Waals surface area contributed by atoms with Gasteiger partial charge in [0.15, 0.2) is 0 Å². The molecule has 2 aromatic carbocycles. The number of ether oxygens (including phenoxy) is 3. The van der Waals surface area contributed by atoms with Crippen molar-refractivity contribution in [2.45, 2.75) is 69.7 Å². The van der Waals surface area contributed by atoms with Crippen LogP contribution in [0.15, 0.2) is 52.9 Å². The molecular formula is C37H45ClF2N4O6S. The van der Waals surface area contributed by atoms with Gasteiger partial charge in [0.1, 0.15) is 15.7 Å². The fourth-order valence-electron chi connectivity index (χ4n) is 8.40. The van der Waals surface area contributed by atoms with Crippen molar-refractivity contribution in [3.63, 3.8) is 0 Å². The SMILES string of the molecule is CO[C@H]1/C=C\C[C@H](C)CS(=O)(NC(=O)N2CC(OC(F)F)C2)=NC(=O)c2ccc3c(c2)N(C[C@@H]2CC[C@H]21)C[C@@]1(CCCc2cc(Cl)ccc21)CO3. The van der Waals surface area contributed by atoms with E-state index in [1.807, 2.05) is 19.1 Å². The first-order valence-corrected chi connectivity index (χ1v) is 19.8. The summed E-state index contributed by atoms with van der Waals surface area (Å²) in [5.41, 5.74) is 3.18. The number of carbonyl (C=O) groups is 2. The van der Waals surface area contributed by atoms with Crippen LogP contribution in [0.4, 0.5) is 19.3 Å². The molecule has 10 nitrogen and oxygen atoms in total. The van der Waals surface area contributed by atoms with E-state index < -0.39 is 34.6 Å². The van der Waals surface area contributed by atoms with Crippen molar-refractivity contribution < 1.29 is 36.8 Å². The number of benzene rings is 2. The first-order valence-electron chi connectivity index (χ1n) is 17.7. The number of carbonyl (C=O) groups excluding carboxylic acids is 2. The second-order valence-electron chi connectivity index (χ2n) is 14.8. The fraction of sp³-hybridized carbons (Fsp3) is 0.568. The van der Waals surface area contributed by atoms with Crippen molar-refractivity contribution in [3.05, 3.63) is 70.3 Å². The second-order valence-corrected chi connectivity index (χ2v) is 17.2. The maximum Gasteiger partial charge on any atom is 0.345 e. The first-order chi connectivity index (χ1) is 24.4. The van der Waals surface area contributed by atoms with E-state index in [9.17, 15) is 22.6 Å². The molecule has 1 unspecified atom stereocenters. The largest absolute Gasteiger partial charge is 0.490 e. The van der Waals surface area contributed by atoms with Crippen LogP contribution >= 0.6 is 11.6 Å². The molecule has 1 spiro atoms. The predicted octanol–water partition coefficient (Wildman–Crippen LogP) is 6.61. The standard InChI is InChI=1S/C37H45ClF2N4O6S/c1-23-5-3-7-32(48-2)29-11-8-26(29)17-44-21-37(14-4-6-24-15-27(38)10-12-30(24)37)22-49-33-13-9-25(16-31(33)44)34(45)41-51(47,20-23)42-36(46)43-18-28(19-43)50-35(39)40/h3,7,9-10,12-13,15-16,23,26,28-29,32,35H,4-6,8,11,14,17-22H2,1-2H3,(H,41,42,45,46,47)/b7-3-/t23-,26-,29+,32-,37-,51?/m0/s1. The maximum atomic E-state index is 14.4. The number of halogens is 3. The Morgan fingerprint density at radius 3 is 2.75 bits per heavy atom. The van der Waals surface area contributed by atoms with Crippen LogP contribution in [-0.4, -0.2) is 85.5 Å². The summed E-state index contributed by atoms with van der Waals surface area (Å²) < 4.78 is 63.4. The molecule has 276 valence electrons. The maximum absolute atomic E-state index is 14.4. The highest BCUT2D eigenvalue weighted by molar-refractivity contribution is 7.92. The van der Waals surface area contributed by atoms with Gasteiger partial charge in [0.05, 0.1) is 43.3 Å². The van der Waals surface area contributed by atoms with Gasteiger partial charge in [-0.15, -0.1) is 4.36 Å². The van der Waals surface area contributed by atoms with Crippen LogP contribution in [0, 0.1) is 17.8 Å². The zero-order chi connectivity index (χ0) is 35.9. The minimum atomic E-state index is -3.63. The van der Waals surface area contributed by atoms with Crippen LogP contribution in [0.2, 0.25) is 5.02 Å². The molecular weight excluding hydrogens is 702 g/mol.